The number of thiocarbonyl (C=S) groups is 1. The molecule has 1 heterocycles. The number of carbonyl (C=O) groups excluding carboxylic acids is 1. The van der Waals surface area contributed by atoms with Gasteiger partial charge in [0.25, 0.3) is 5.91 Å². The second kappa shape index (κ2) is 8.85. The molecule has 0 saturated carbocycles. The molecule has 1 amide bonds. The Labute approximate surface area is 184 Å². The van der Waals surface area contributed by atoms with Crippen LogP contribution in [0, 0.1) is 0 Å². The first-order valence-corrected chi connectivity index (χ1v) is 9.87. The maximum Gasteiger partial charge on any atom is 0.257 e. The molecule has 0 bridgehead atoms. The molecule has 156 valence electrons. The number of fused-ring (bicyclic) bond motifs is 1. The van der Waals surface area contributed by atoms with Crippen LogP contribution in [0.1, 0.15) is 10.4 Å². The van der Waals surface area contributed by atoms with E-state index >= 15 is 0 Å². The SMILES string of the molecule is COc1cc(OC)cc(C(=O)NC(=S)Nc2cccc(-c3nc4ccccc4[nH]3)c2)c1. The molecule has 31 heavy (non-hydrogen) atoms. The molecule has 0 unspecified atom stereocenters. The molecule has 0 fully saturated rings. The van der Waals surface area contributed by atoms with Gasteiger partial charge < -0.3 is 19.8 Å². The van der Waals surface area contributed by atoms with Crippen molar-refractivity contribution in [2.24, 2.45) is 0 Å². The van der Waals surface area contributed by atoms with Gasteiger partial charge in [0.2, 0.25) is 0 Å². The highest BCUT2D eigenvalue weighted by Crippen LogP contribution is 2.24. The lowest BCUT2D eigenvalue weighted by Crippen LogP contribution is -2.34. The molecule has 7 nitrogen and oxygen atoms in total. The Hall–Kier alpha value is -3.91. The number of H-pyrrole nitrogens is 1. The number of imidazole rings is 1. The maximum absolute atomic E-state index is 12.6. The zero-order valence-corrected chi connectivity index (χ0v) is 17.7. The first-order chi connectivity index (χ1) is 15.1. The largest absolute Gasteiger partial charge is 0.497 e. The van der Waals surface area contributed by atoms with Crippen molar-refractivity contribution in [2.75, 3.05) is 19.5 Å². The minimum absolute atomic E-state index is 0.175. The van der Waals surface area contributed by atoms with Gasteiger partial charge in [-0.3, -0.25) is 10.1 Å². The predicted molar refractivity (Wildman–Crippen MR) is 125 cm³/mol. The Kier molecular flexibility index (Phi) is 5.81. The first kappa shape index (κ1) is 20.4. The minimum atomic E-state index is -0.372. The number of hydrogen-bond donors (Lipinski definition) is 3. The third-order valence-corrected chi connectivity index (χ3v) is 4.83. The van der Waals surface area contributed by atoms with Crippen molar-refractivity contribution in [1.82, 2.24) is 15.3 Å². The molecule has 8 heteroatoms. The van der Waals surface area contributed by atoms with E-state index in [1.54, 1.807) is 18.2 Å². The highest BCUT2D eigenvalue weighted by Gasteiger charge is 2.12. The van der Waals surface area contributed by atoms with Gasteiger partial charge in [0.05, 0.1) is 25.3 Å². The van der Waals surface area contributed by atoms with E-state index in [1.165, 1.54) is 14.2 Å². The molecule has 4 aromatic rings. The number of benzene rings is 3. The number of nitrogens with one attached hydrogen (secondary N) is 3. The summed E-state index contributed by atoms with van der Waals surface area (Å²) in [6, 6.07) is 20.4. The van der Waals surface area contributed by atoms with Gasteiger partial charge in [0, 0.05) is 22.9 Å². The standard InChI is InChI=1S/C23H20N4O3S/c1-29-17-11-15(12-18(13-17)30-2)22(28)27-23(31)24-16-7-5-6-14(10-16)21-25-19-8-3-4-9-20(19)26-21/h3-13H,1-2H3,(H,25,26)(H2,24,27,28,31). The van der Waals surface area contributed by atoms with Gasteiger partial charge in [-0.1, -0.05) is 24.3 Å². The number of ether oxygens (including phenoxy) is 2. The number of carbonyl (C=O) groups is 1. The van der Waals surface area contributed by atoms with Crippen LogP contribution >= 0.6 is 12.2 Å². The minimum Gasteiger partial charge on any atom is -0.497 e. The molecule has 1 aromatic heterocycles. The molecule has 0 aliphatic carbocycles. The summed E-state index contributed by atoms with van der Waals surface area (Å²) in [5.74, 6) is 1.41. The first-order valence-electron chi connectivity index (χ1n) is 9.46. The Morgan fingerprint density at radius 1 is 0.968 bits per heavy atom. The number of para-hydroxylation sites is 2. The summed E-state index contributed by atoms with van der Waals surface area (Å²) >= 11 is 5.32. The molecular formula is C23H20N4O3S. The molecule has 0 atom stereocenters. The van der Waals surface area contributed by atoms with Crippen molar-refractivity contribution in [3.05, 3.63) is 72.3 Å². The highest BCUT2D eigenvalue weighted by molar-refractivity contribution is 7.80. The van der Waals surface area contributed by atoms with E-state index in [4.69, 9.17) is 21.7 Å². The number of methoxy groups -OCH3 is 2. The quantitative estimate of drug-likeness (QED) is 0.406. The van der Waals surface area contributed by atoms with E-state index in [-0.39, 0.29) is 11.0 Å². The van der Waals surface area contributed by atoms with Crippen molar-refractivity contribution >= 4 is 40.0 Å². The van der Waals surface area contributed by atoms with Gasteiger partial charge in [-0.15, -0.1) is 0 Å². The third kappa shape index (κ3) is 4.65. The number of amides is 1. The zero-order valence-electron chi connectivity index (χ0n) is 16.9. The van der Waals surface area contributed by atoms with Gasteiger partial charge in [-0.25, -0.2) is 4.98 Å². The molecule has 0 spiro atoms. The van der Waals surface area contributed by atoms with E-state index < -0.39 is 0 Å². The molecule has 0 aliphatic rings. The summed E-state index contributed by atoms with van der Waals surface area (Å²) in [5.41, 5.74) is 3.86. The van der Waals surface area contributed by atoms with Gasteiger partial charge in [0.1, 0.15) is 17.3 Å². The topological polar surface area (TPSA) is 88.3 Å². The second-order valence-electron chi connectivity index (χ2n) is 6.69. The highest BCUT2D eigenvalue weighted by atomic mass is 32.1. The van der Waals surface area contributed by atoms with E-state index in [2.05, 4.69) is 20.6 Å². The van der Waals surface area contributed by atoms with Crippen molar-refractivity contribution in [1.29, 1.82) is 0 Å². The van der Waals surface area contributed by atoms with Crippen LogP contribution in [0.25, 0.3) is 22.4 Å². The molecule has 0 aliphatic heterocycles. The summed E-state index contributed by atoms with van der Waals surface area (Å²) in [7, 11) is 3.05. The van der Waals surface area contributed by atoms with Gasteiger partial charge in [-0.2, -0.15) is 0 Å². The number of aromatic nitrogens is 2. The summed E-state index contributed by atoms with van der Waals surface area (Å²) in [5, 5.41) is 5.89. The summed E-state index contributed by atoms with van der Waals surface area (Å²) in [6.07, 6.45) is 0. The van der Waals surface area contributed by atoms with E-state index in [1.807, 2.05) is 48.5 Å². The van der Waals surface area contributed by atoms with Crippen LogP contribution in [0.4, 0.5) is 5.69 Å². The number of rotatable bonds is 5. The Bertz CT molecular complexity index is 1210. The lowest BCUT2D eigenvalue weighted by molar-refractivity contribution is 0.0977. The number of hydrogen-bond acceptors (Lipinski definition) is 5. The van der Waals surface area contributed by atoms with Crippen molar-refractivity contribution in [3.63, 3.8) is 0 Å². The molecule has 3 N–H and O–H groups in total. The van der Waals surface area contributed by atoms with Crippen LogP contribution in [0.5, 0.6) is 11.5 Å². The molecule has 3 aromatic carbocycles. The van der Waals surface area contributed by atoms with Gasteiger partial charge >= 0.3 is 0 Å². The van der Waals surface area contributed by atoms with Gasteiger partial charge in [-0.05, 0) is 48.6 Å². The van der Waals surface area contributed by atoms with E-state index in [9.17, 15) is 4.79 Å². The van der Waals surface area contributed by atoms with Crippen LogP contribution in [-0.2, 0) is 0 Å². The van der Waals surface area contributed by atoms with Gasteiger partial charge in [0.15, 0.2) is 5.11 Å². The van der Waals surface area contributed by atoms with Crippen molar-refractivity contribution in [2.45, 2.75) is 0 Å². The van der Waals surface area contributed by atoms with Crippen LogP contribution in [0.15, 0.2) is 66.7 Å². The summed E-state index contributed by atoms with van der Waals surface area (Å²) < 4.78 is 10.4. The number of nitrogens with zero attached hydrogens (tertiary/aromatic N) is 1. The third-order valence-electron chi connectivity index (χ3n) is 4.62. The normalized spacial score (nSPS) is 10.5. The predicted octanol–water partition coefficient (Wildman–Crippen LogP) is 4.37. The second-order valence-corrected chi connectivity index (χ2v) is 7.10. The van der Waals surface area contributed by atoms with E-state index in [0.29, 0.717) is 17.1 Å². The lowest BCUT2D eigenvalue weighted by atomic mass is 10.2. The van der Waals surface area contributed by atoms with Crippen LogP contribution < -0.4 is 20.1 Å². The molecular weight excluding hydrogens is 412 g/mol. The van der Waals surface area contributed by atoms with Crippen molar-refractivity contribution in [3.8, 4) is 22.9 Å². The molecule has 0 saturated heterocycles. The summed E-state index contributed by atoms with van der Waals surface area (Å²) in [6.45, 7) is 0. The van der Waals surface area contributed by atoms with Crippen LogP contribution in [0.3, 0.4) is 0 Å². The number of aromatic amines is 1. The Balaban J connectivity index is 1.48. The smallest absolute Gasteiger partial charge is 0.257 e. The number of anilines is 1. The van der Waals surface area contributed by atoms with Crippen LogP contribution in [-0.4, -0.2) is 35.2 Å². The fraction of sp³-hybridized carbons (Fsp3) is 0.0870. The fourth-order valence-electron chi connectivity index (χ4n) is 3.11. The van der Waals surface area contributed by atoms with Crippen molar-refractivity contribution < 1.29 is 14.3 Å². The molecule has 0 radical (unpaired) electrons. The average molecular weight is 433 g/mol. The zero-order chi connectivity index (χ0) is 21.8. The Morgan fingerprint density at radius 3 is 2.42 bits per heavy atom. The maximum atomic E-state index is 12.6. The summed E-state index contributed by atoms with van der Waals surface area (Å²) in [4.78, 5) is 20.5. The fourth-order valence-corrected chi connectivity index (χ4v) is 3.32. The molecule has 4 rings (SSSR count). The lowest BCUT2D eigenvalue weighted by Gasteiger charge is -2.12. The van der Waals surface area contributed by atoms with Crippen LogP contribution in [0.2, 0.25) is 0 Å². The monoisotopic (exact) mass is 432 g/mol. The average Bonchev–Trinajstić information content (AvgIpc) is 3.23. The van der Waals surface area contributed by atoms with E-state index in [0.717, 1.165) is 28.1 Å². The Morgan fingerprint density at radius 2 is 1.71 bits per heavy atom.